The monoisotopic (exact) mass is 355 g/mol. The molecule has 2 aliphatic heterocycles. The first kappa shape index (κ1) is 16.6. The van der Waals surface area contributed by atoms with E-state index >= 15 is 0 Å². The Morgan fingerprint density at radius 2 is 1.96 bits per heavy atom. The van der Waals surface area contributed by atoms with Crippen LogP contribution in [0, 0.1) is 13.8 Å². The number of ether oxygens (including phenoxy) is 3. The van der Waals surface area contributed by atoms with Crippen LogP contribution >= 0.6 is 0 Å². The van der Waals surface area contributed by atoms with Crippen molar-refractivity contribution in [1.82, 2.24) is 14.9 Å². The molecule has 2 aliphatic rings. The van der Waals surface area contributed by atoms with Crippen LogP contribution in [0.4, 0.5) is 0 Å². The molecule has 0 radical (unpaired) electrons. The quantitative estimate of drug-likeness (QED) is 0.836. The number of amides is 1. The minimum atomic E-state index is -0.0723. The number of carbonyl (C=O) groups excluding carboxylic acids is 1. The highest BCUT2D eigenvalue weighted by molar-refractivity contribution is 5.79. The number of aryl methyl sites for hydroxylation is 2. The number of hydrogen-bond acceptors (Lipinski definition) is 6. The predicted octanol–water partition coefficient (Wildman–Crippen LogP) is 2.04. The molecular weight excluding hydrogens is 334 g/mol. The SMILES string of the molecule is Cc1cc(C)nc(O[C@H]2CCN(C(=O)Cc3ccc4c(c3)OCO4)C2)n1. The lowest BCUT2D eigenvalue weighted by Crippen LogP contribution is -2.32. The number of benzene rings is 1. The average Bonchev–Trinajstić information content (AvgIpc) is 3.22. The van der Waals surface area contributed by atoms with E-state index in [9.17, 15) is 4.79 Å². The maximum atomic E-state index is 12.6. The molecule has 0 bridgehead atoms. The van der Waals surface area contributed by atoms with Gasteiger partial charge in [-0.15, -0.1) is 0 Å². The maximum absolute atomic E-state index is 12.6. The predicted molar refractivity (Wildman–Crippen MR) is 93.4 cm³/mol. The summed E-state index contributed by atoms with van der Waals surface area (Å²) in [4.78, 5) is 23.0. The molecule has 4 rings (SSSR count). The number of fused-ring (bicyclic) bond motifs is 1. The largest absolute Gasteiger partial charge is 0.458 e. The lowest BCUT2D eigenvalue weighted by Gasteiger charge is -2.17. The van der Waals surface area contributed by atoms with Gasteiger partial charge in [-0.25, -0.2) is 9.97 Å². The molecule has 2 aromatic rings. The van der Waals surface area contributed by atoms with Gasteiger partial charge in [0.15, 0.2) is 11.5 Å². The summed E-state index contributed by atoms with van der Waals surface area (Å²) in [5, 5.41) is 0. The smallest absolute Gasteiger partial charge is 0.317 e. The molecule has 1 amide bonds. The Morgan fingerprint density at radius 3 is 2.77 bits per heavy atom. The highest BCUT2D eigenvalue weighted by Crippen LogP contribution is 2.32. The highest BCUT2D eigenvalue weighted by atomic mass is 16.7. The molecule has 7 nitrogen and oxygen atoms in total. The van der Waals surface area contributed by atoms with Gasteiger partial charge in [-0.1, -0.05) is 6.07 Å². The molecule has 0 N–H and O–H groups in total. The zero-order chi connectivity index (χ0) is 18.1. The van der Waals surface area contributed by atoms with Crippen LogP contribution in [0.15, 0.2) is 24.3 Å². The summed E-state index contributed by atoms with van der Waals surface area (Å²) in [6.07, 6.45) is 1.05. The van der Waals surface area contributed by atoms with Crippen molar-refractivity contribution in [3.63, 3.8) is 0 Å². The van der Waals surface area contributed by atoms with Crippen molar-refractivity contribution in [1.29, 1.82) is 0 Å². The molecule has 0 aliphatic carbocycles. The van der Waals surface area contributed by atoms with E-state index in [-0.39, 0.29) is 18.8 Å². The van der Waals surface area contributed by atoms with Crippen molar-refractivity contribution >= 4 is 5.91 Å². The summed E-state index contributed by atoms with van der Waals surface area (Å²) in [6.45, 7) is 5.30. The Kier molecular flexibility index (Phi) is 4.36. The van der Waals surface area contributed by atoms with Crippen LogP contribution < -0.4 is 14.2 Å². The lowest BCUT2D eigenvalue weighted by atomic mass is 10.1. The zero-order valence-electron chi connectivity index (χ0n) is 14.9. The topological polar surface area (TPSA) is 73.8 Å². The fraction of sp³-hybridized carbons (Fsp3) is 0.421. The van der Waals surface area contributed by atoms with Crippen LogP contribution in [0.2, 0.25) is 0 Å². The maximum Gasteiger partial charge on any atom is 0.317 e. The third-order valence-corrected chi connectivity index (χ3v) is 4.52. The van der Waals surface area contributed by atoms with Crippen LogP contribution in [0.3, 0.4) is 0 Å². The van der Waals surface area contributed by atoms with Crippen molar-refractivity contribution in [2.75, 3.05) is 19.9 Å². The zero-order valence-corrected chi connectivity index (χ0v) is 14.9. The van der Waals surface area contributed by atoms with Gasteiger partial charge in [-0.3, -0.25) is 4.79 Å². The van der Waals surface area contributed by atoms with Gasteiger partial charge in [0.05, 0.1) is 13.0 Å². The Morgan fingerprint density at radius 1 is 1.19 bits per heavy atom. The molecule has 3 heterocycles. The Hall–Kier alpha value is -2.83. The van der Waals surface area contributed by atoms with Gasteiger partial charge in [0.2, 0.25) is 12.7 Å². The summed E-state index contributed by atoms with van der Waals surface area (Å²) >= 11 is 0. The van der Waals surface area contributed by atoms with Crippen molar-refractivity contribution in [2.45, 2.75) is 32.8 Å². The van der Waals surface area contributed by atoms with Gasteiger partial charge >= 0.3 is 6.01 Å². The molecule has 26 heavy (non-hydrogen) atoms. The summed E-state index contributed by atoms with van der Waals surface area (Å²) in [7, 11) is 0. The third-order valence-electron chi connectivity index (χ3n) is 4.52. The molecule has 1 saturated heterocycles. The summed E-state index contributed by atoms with van der Waals surface area (Å²) in [5.74, 6) is 1.51. The van der Waals surface area contributed by atoms with Gasteiger partial charge < -0.3 is 19.1 Å². The van der Waals surface area contributed by atoms with E-state index in [1.807, 2.05) is 43.0 Å². The average molecular weight is 355 g/mol. The summed E-state index contributed by atoms with van der Waals surface area (Å²) in [5.41, 5.74) is 2.67. The van der Waals surface area contributed by atoms with Gasteiger partial charge in [0.1, 0.15) is 6.10 Å². The van der Waals surface area contributed by atoms with Gasteiger partial charge in [-0.2, -0.15) is 0 Å². The van der Waals surface area contributed by atoms with Crippen molar-refractivity contribution in [3.8, 4) is 17.5 Å². The number of aromatic nitrogens is 2. The van der Waals surface area contributed by atoms with Crippen molar-refractivity contribution in [3.05, 3.63) is 41.2 Å². The number of hydrogen-bond donors (Lipinski definition) is 0. The van der Waals surface area contributed by atoms with Gasteiger partial charge in [0, 0.05) is 24.4 Å². The summed E-state index contributed by atoms with van der Waals surface area (Å²) in [6, 6.07) is 7.91. The van der Waals surface area contributed by atoms with E-state index in [1.54, 1.807) is 0 Å². The lowest BCUT2D eigenvalue weighted by molar-refractivity contribution is -0.129. The molecular formula is C19H21N3O4. The number of likely N-dealkylation sites (tertiary alicyclic amines) is 1. The third kappa shape index (κ3) is 3.56. The van der Waals surface area contributed by atoms with Crippen LogP contribution in [0.5, 0.6) is 17.5 Å². The molecule has 0 saturated carbocycles. The molecule has 0 spiro atoms. The normalized spacial score (nSPS) is 18.2. The second-order valence-electron chi connectivity index (χ2n) is 6.67. The van der Waals surface area contributed by atoms with Crippen molar-refractivity contribution < 1.29 is 19.0 Å². The fourth-order valence-electron chi connectivity index (χ4n) is 3.28. The Bertz CT molecular complexity index is 819. The van der Waals surface area contributed by atoms with Crippen molar-refractivity contribution in [2.24, 2.45) is 0 Å². The molecule has 136 valence electrons. The van der Waals surface area contributed by atoms with Crippen LogP contribution in [0.25, 0.3) is 0 Å². The molecule has 0 unspecified atom stereocenters. The van der Waals surface area contributed by atoms with Gasteiger partial charge in [-0.05, 0) is 37.6 Å². The highest BCUT2D eigenvalue weighted by Gasteiger charge is 2.28. The second kappa shape index (κ2) is 6.82. The number of rotatable bonds is 4. The minimum Gasteiger partial charge on any atom is -0.458 e. The van der Waals surface area contributed by atoms with E-state index in [4.69, 9.17) is 14.2 Å². The first-order valence-corrected chi connectivity index (χ1v) is 8.72. The molecule has 1 aromatic heterocycles. The molecule has 1 aromatic carbocycles. The van der Waals surface area contributed by atoms with Crippen LogP contribution in [0.1, 0.15) is 23.4 Å². The van der Waals surface area contributed by atoms with Crippen LogP contribution in [-0.2, 0) is 11.2 Å². The second-order valence-corrected chi connectivity index (χ2v) is 6.67. The van der Waals surface area contributed by atoms with E-state index in [0.29, 0.717) is 31.3 Å². The minimum absolute atomic E-state index is 0.0723. The first-order chi connectivity index (χ1) is 12.6. The first-order valence-electron chi connectivity index (χ1n) is 8.72. The van der Waals surface area contributed by atoms with E-state index in [2.05, 4.69) is 9.97 Å². The molecule has 7 heteroatoms. The Labute approximate surface area is 151 Å². The number of nitrogens with zero attached hydrogens (tertiary/aromatic N) is 3. The standard InChI is InChI=1S/C19H21N3O4/c1-12-7-13(2)21-19(20-12)26-15-5-6-22(10-15)18(23)9-14-3-4-16-17(8-14)25-11-24-16/h3-4,7-8,15H,5-6,9-11H2,1-2H3/t15-/m0/s1. The summed E-state index contributed by atoms with van der Waals surface area (Å²) < 4.78 is 16.5. The van der Waals surface area contributed by atoms with E-state index in [1.165, 1.54) is 0 Å². The van der Waals surface area contributed by atoms with E-state index in [0.717, 1.165) is 29.1 Å². The molecule has 1 fully saturated rings. The van der Waals surface area contributed by atoms with Crippen LogP contribution in [-0.4, -0.2) is 46.8 Å². The van der Waals surface area contributed by atoms with E-state index < -0.39 is 0 Å². The fourth-order valence-corrected chi connectivity index (χ4v) is 3.28. The number of carbonyl (C=O) groups is 1. The van der Waals surface area contributed by atoms with Gasteiger partial charge in [0.25, 0.3) is 0 Å². The Balaban J connectivity index is 1.35. The molecule has 1 atom stereocenters.